The summed E-state index contributed by atoms with van der Waals surface area (Å²) in [5.74, 6) is -0.720. The Morgan fingerprint density at radius 2 is 2.17 bits per heavy atom. The van der Waals surface area contributed by atoms with Crippen molar-refractivity contribution in [1.29, 1.82) is 0 Å². The fourth-order valence-corrected chi connectivity index (χ4v) is 1.40. The van der Waals surface area contributed by atoms with Crippen molar-refractivity contribution < 1.29 is 19.9 Å². The summed E-state index contributed by atoms with van der Waals surface area (Å²) in [4.78, 5) is 22.1. The lowest BCUT2D eigenvalue weighted by Gasteiger charge is -2.19. The monoisotopic (exact) mass is 254 g/mol. The topological polar surface area (TPSA) is 104 Å². The Bertz CT molecular complexity index is 475. The van der Waals surface area contributed by atoms with Gasteiger partial charge in [-0.1, -0.05) is 0 Å². The molecule has 0 spiro atoms. The van der Waals surface area contributed by atoms with Gasteiger partial charge in [-0.2, -0.15) is 0 Å². The van der Waals surface area contributed by atoms with Crippen LogP contribution in [-0.2, 0) is 4.79 Å². The standard InChI is InChI=1S/C11H14N2O5/c1-7(14)12(2)6-11(16)8-3-4-9(13(17)18)10(15)5-8/h3-5,11,15-16H,6H2,1-2H3/t11-/m1/s1. The molecule has 98 valence electrons. The molecule has 1 aromatic rings. The van der Waals surface area contributed by atoms with E-state index in [2.05, 4.69) is 0 Å². The zero-order chi connectivity index (χ0) is 13.9. The van der Waals surface area contributed by atoms with Crippen LogP contribution in [0.15, 0.2) is 18.2 Å². The molecule has 1 aromatic carbocycles. The van der Waals surface area contributed by atoms with E-state index in [-0.39, 0.29) is 12.5 Å². The number of hydrogen-bond acceptors (Lipinski definition) is 5. The molecule has 18 heavy (non-hydrogen) atoms. The number of nitrogens with zero attached hydrogens (tertiary/aromatic N) is 2. The third-order valence-electron chi connectivity index (χ3n) is 2.57. The molecule has 7 nitrogen and oxygen atoms in total. The highest BCUT2D eigenvalue weighted by Gasteiger charge is 2.18. The van der Waals surface area contributed by atoms with E-state index in [4.69, 9.17) is 0 Å². The van der Waals surface area contributed by atoms with Crippen LogP contribution >= 0.6 is 0 Å². The van der Waals surface area contributed by atoms with E-state index in [1.807, 2.05) is 0 Å². The van der Waals surface area contributed by atoms with Gasteiger partial charge in [0.05, 0.1) is 17.6 Å². The van der Waals surface area contributed by atoms with E-state index in [1.165, 1.54) is 24.9 Å². The molecule has 1 rings (SSSR count). The van der Waals surface area contributed by atoms with Crippen molar-refractivity contribution in [3.8, 4) is 5.75 Å². The molecule has 1 atom stereocenters. The number of aliphatic hydroxyl groups is 1. The fraction of sp³-hybridized carbons (Fsp3) is 0.364. The van der Waals surface area contributed by atoms with E-state index in [9.17, 15) is 25.1 Å². The molecule has 0 heterocycles. The maximum Gasteiger partial charge on any atom is 0.310 e. The molecule has 2 N–H and O–H groups in total. The van der Waals surface area contributed by atoms with E-state index in [0.29, 0.717) is 5.56 Å². The first-order valence-electron chi connectivity index (χ1n) is 5.20. The number of phenolic OH excluding ortho intramolecular Hbond substituents is 1. The van der Waals surface area contributed by atoms with Gasteiger partial charge in [-0.05, 0) is 17.7 Å². The molecule has 1 amide bonds. The number of likely N-dealkylation sites (N-methyl/N-ethyl adjacent to an activating group) is 1. The molecular weight excluding hydrogens is 240 g/mol. The summed E-state index contributed by atoms with van der Waals surface area (Å²) in [6.07, 6.45) is -1.01. The van der Waals surface area contributed by atoms with Crippen LogP contribution in [0.1, 0.15) is 18.6 Å². The van der Waals surface area contributed by atoms with E-state index >= 15 is 0 Å². The zero-order valence-electron chi connectivity index (χ0n) is 10.0. The van der Waals surface area contributed by atoms with Gasteiger partial charge in [0.25, 0.3) is 0 Å². The molecular formula is C11H14N2O5. The Morgan fingerprint density at radius 3 is 2.61 bits per heavy atom. The number of nitro benzene ring substituents is 1. The lowest BCUT2D eigenvalue weighted by Crippen LogP contribution is -2.28. The molecule has 0 fully saturated rings. The van der Waals surface area contributed by atoms with Gasteiger partial charge >= 0.3 is 5.69 Å². The summed E-state index contributed by atoms with van der Waals surface area (Å²) in [5.41, 5.74) is -0.114. The van der Waals surface area contributed by atoms with Crippen LogP contribution < -0.4 is 0 Å². The predicted octanol–water partition coefficient (Wildman–Crippen LogP) is 0.812. The predicted molar refractivity (Wildman–Crippen MR) is 63.0 cm³/mol. The normalized spacial score (nSPS) is 11.9. The number of phenols is 1. The van der Waals surface area contributed by atoms with Crippen molar-refractivity contribution in [1.82, 2.24) is 4.90 Å². The van der Waals surface area contributed by atoms with Gasteiger partial charge in [0.1, 0.15) is 0 Å². The van der Waals surface area contributed by atoms with Crippen molar-refractivity contribution in [2.24, 2.45) is 0 Å². The first-order valence-corrected chi connectivity index (χ1v) is 5.20. The lowest BCUT2D eigenvalue weighted by molar-refractivity contribution is -0.385. The highest BCUT2D eigenvalue weighted by Crippen LogP contribution is 2.28. The number of carbonyl (C=O) groups is 1. The third kappa shape index (κ3) is 3.17. The van der Waals surface area contributed by atoms with Crippen LogP contribution in [0.5, 0.6) is 5.75 Å². The van der Waals surface area contributed by atoms with Crippen LogP contribution in [0.3, 0.4) is 0 Å². The summed E-state index contributed by atoms with van der Waals surface area (Å²) in [5, 5.41) is 29.7. The van der Waals surface area contributed by atoms with E-state index in [1.54, 1.807) is 0 Å². The number of aliphatic hydroxyl groups excluding tert-OH is 1. The highest BCUT2D eigenvalue weighted by molar-refractivity contribution is 5.72. The second-order valence-electron chi connectivity index (χ2n) is 3.92. The molecule has 0 saturated carbocycles. The van der Waals surface area contributed by atoms with Crippen LogP contribution in [0.25, 0.3) is 0 Å². The van der Waals surface area contributed by atoms with Gasteiger partial charge in [0.2, 0.25) is 5.91 Å². The number of amides is 1. The maximum absolute atomic E-state index is 11.0. The van der Waals surface area contributed by atoms with Gasteiger partial charge < -0.3 is 15.1 Å². The van der Waals surface area contributed by atoms with Gasteiger partial charge in [-0.15, -0.1) is 0 Å². The van der Waals surface area contributed by atoms with Crippen LogP contribution in [0.2, 0.25) is 0 Å². The second kappa shape index (κ2) is 5.46. The van der Waals surface area contributed by atoms with Crippen molar-refractivity contribution in [3.63, 3.8) is 0 Å². The lowest BCUT2D eigenvalue weighted by atomic mass is 10.1. The fourth-order valence-electron chi connectivity index (χ4n) is 1.40. The first kappa shape index (κ1) is 13.9. The molecule has 0 aliphatic rings. The number of nitro groups is 1. The van der Waals surface area contributed by atoms with Crippen LogP contribution in [-0.4, -0.2) is 39.5 Å². The summed E-state index contributed by atoms with van der Waals surface area (Å²) in [6, 6.07) is 3.58. The first-order chi connectivity index (χ1) is 8.32. The summed E-state index contributed by atoms with van der Waals surface area (Å²) < 4.78 is 0. The largest absolute Gasteiger partial charge is 0.502 e. The molecule has 0 radical (unpaired) electrons. The number of rotatable bonds is 4. The molecule has 0 bridgehead atoms. The number of hydrogen-bond donors (Lipinski definition) is 2. The minimum absolute atomic E-state index is 0.0482. The molecule has 0 aliphatic carbocycles. The highest BCUT2D eigenvalue weighted by atomic mass is 16.6. The van der Waals surface area contributed by atoms with Gasteiger partial charge in [-0.3, -0.25) is 14.9 Å². The molecule has 0 unspecified atom stereocenters. The number of aromatic hydroxyl groups is 1. The Balaban J connectivity index is 2.88. The number of benzene rings is 1. The minimum Gasteiger partial charge on any atom is -0.502 e. The second-order valence-corrected chi connectivity index (χ2v) is 3.92. The Kier molecular flexibility index (Phi) is 4.22. The molecule has 0 aromatic heterocycles. The van der Waals surface area contributed by atoms with Gasteiger partial charge in [0, 0.05) is 20.0 Å². The summed E-state index contributed by atoms with van der Waals surface area (Å²) >= 11 is 0. The van der Waals surface area contributed by atoms with Crippen molar-refractivity contribution >= 4 is 11.6 Å². The molecule has 7 heteroatoms. The van der Waals surface area contributed by atoms with Crippen LogP contribution in [0.4, 0.5) is 5.69 Å². The zero-order valence-corrected chi connectivity index (χ0v) is 10.0. The smallest absolute Gasteiger partial charge is 0.310 e. The van der Waals surface area contributed by atoms with Gasteiger partial charge in [0.15, 0.2) is 5.75 Å². The summed E-state index contributed by atoms with van der Waals surface area (Å²) in [7, 11) is 1.52. The van der Waals surface area contributed by atoms with Crippen molar-refractivity contribution in [2.75, 3.05) is 13.6 Å². The Hall–Kier alpha value is -2.15. The Morgan fingerprint density at radius 1 is 1.56 bits per heavy atom. The van der Waals surface area contributed by atoms with Crippen molar-refractivity contribution in [3.05, 3.63) is 33.9 Å². The average molecular weight is 254 g/mol. The SMILES string of the molecule is CC(=O)N(C)C[C@@H](O)c1ccc([N+](=O)[O-])c(O)c1. The molecule has 0 saturated heterocycles. The van der Waals surface area contributed by atoms with Gasteiger partial charge in [-0.25, -0.2) is 0 Å². The third-order valence-corrected chi connectivity index (χ3v) is 2.57. The minimum atomic E-state index is -1.01. The van der Waals surface area contributed by atoms with E-state index < -0.39 is 22.5 Å². The quantitative estimate of drug-likeness (QED) is 0.611. The Labute approximate surface area is 103 Å². The summed E-state index contributed by atoms with van der Waals surface area (Å²) in [6.45, 7) is 1.41. The molecule has 0 aliphatic heterocycles. The number of carbonyl (C=O) groups excluding carboxylic acids is 1. The van der Waals surface area contributed by atoms with Crippen LogP contribution in [0, 0.1) is 10.1 Å². The van der Waals surface area contributed by atoms with Crippen molar-refractivity contribution in [2.45, 2.75) is 13.0 Å². The van der Waals surface area contributed by atoms with E-state index in [0.717, 1.165) is 12.1 Å². The maximum atomic E-state index is 11.0. The average Bonchev–Trinajstić information content (AvgIpc) is 2.27.